The third-order valence-electron chi connectivity index (χ3n) is 3.32. The highest BCUT2D eigenvalue weighted by molar-refractivity contribution is 7.10. The Morgan fingerprint density at radius 1 is 1.29 bits per heavy atom. The molecule has 24 heavy (non-hydrogen) atoms. The van der Waals surface area contributed by atoms with E-state index in [0.29, 0.717) is 6.54 Å². The first kappa shape index (κ1) is 18.1. The lowest BCUT2D eigenvalue weighted by atomic mass is 10.2. The van der Waals surface area contributed by atoms with Gasteiger partial charge in [0.1, 0.15) is 5.75 Å². The first-order chi connectivity index (χ1) is 11.3. The number of benzene rings is 1. The summed E-state index contributed by atoms with van der Waals surface area (Å²) in [5.41, 5.74) is 1.37. The van der Waals surface area contributed by atoms with Crippen LogP contribution in [0.3, 0.4) is 0 Å². The van der Waals surface area contributed by atoms with Crippen LogP contribution >= 0.6 is 11.3 Å². The normalized spacial score (nSPS) is 11.2. The van der Waals surface area contributed by atoms with E-state index in [4.69, 9.17) is 0 Å². The summed E-state index contributed by atoms with van der Waals surface area (Å²) in [4.78, 5) is 14.5. The van der Waals surface area contributed by atoms with Gasteiger partial charge in [-0.05, 0) is 30.0 Å². The molecule has 0 unspecified atom stereocenters. The molecule has 1 aromatic heterocycles. The Balaban J connectivity index is 1.97. The number of ether oxygens (including phenoxy) is 1. The summed E-state index contributed by atoms with van der Waals surface area (Å²) in [5.74, 6) is -0.307. The molecule has 0 bridgehead atoms. The molecular weight excluding hydrogens is 341 g/mol. The predicted octanol–water partition coefficient (Wildman–Crippen LogP) is 4.30. The molecule has 0 saturated carbocycles. The molecule has 2 amide bonds. The number of rotatable bonds is 5. The molecule has 130 valence electrons. The number of hydrogen-bond acceptors (Lipinski definition) is 3. The third kappa shape index (κ3) is 5.16. The smallest absolute Gasteiger partial charge is 0.405 e. The van der Waals surface area contributed by atoms with E-state index in [1.165, 1.54) is 41.5 Å². The molecule has 0 atom stereocenters. The summed E-state index contributed by atoms with van der Waals surface area (Å²) in [6.45, 7) is 2.33. The predicted molar refractivity (Wildman–Crippen MR) is 85.9 cm³/mol. The summed E-state index contributed by atoms with van der Waals surface area (Å²) in [6, 6.07) is 7.35. The SMILES string of the molecule is Cc1ccsc1CNC(=O)N(C)Cc1ccccc1OC(F)(F)F. The first-order valence-electron chi connectivity index (χ1n) is 7.12. The van der Waals surface area contributed by atoms with E-state index in [9.17, 15) is 18.0 Å². The van der Waals surface area contributed by atoms with E-state index >= 15 is 0 Å². The molecule has 0 fully saturated rings. The maximum Gasteiger partial charge on any atom is 0.573 e. The highest BCUT2D eigenvalue weighted by Gasteiger charge is 2.32. The monoisotopic (exact) mass is 358 g/mol. The largest absolute Gasteiger partial charge is 0.573 e. The number of alkyl halides is 3. The van der Waals surface area contributed by atoms with Gasteiger partial charge in [0, 0.05) is 17.5 Å². The Morgan fingerprint density at radius 3 is 2.62 bits per heavy atom. The van der Waals surface area contributed by atoms with Crippen molar-refractivity contribution in [1.29, 1.82) is 0 Å². The summed E-state index contributed by atoms with van der Waals surface area (Å²) < 4.78 is 41.2. The molecule has 0 aliphatic heterocycles. The summed E-state index contributed by atoms with van der Waals surface area (Å²) in [5, 5.41) is 4.68. The first-order valence-corrected chi connectivity index (χ1v) is 8.00. The number of carbonyl (C=O) groups excluding carboxylic acids is 1. The van der Waals surface area contributed by atoms with Gasteiger partial charge in [-0.1, -0.05) is 18.2 Å². The van der Waals surface area contributed by atoms with Gasteiger partial charge in [-0.15, -0.1) is 24.5 Å². The summed E-state index contributed by atoms with van der Waals surface area (Å²) >= 11 is 1.54. The van der Waals surface area contributed by atoms with Crippen molar-refractivity contribution in [3.8, 4) is 5.75 Å². The fourth-order valence-electron chi connectivity index (χ4n) is 2.06. The second-order valence-electron chi connectivity index (χ2n) is 5.20. The number of nitrogens with zero attached hydrogens (tertiary/aromatic N) is 1. The molecule has 0 aliphatic rings. The fourth-order valence-corrected chi connectivity index (χ4v) is 2.91. The van der Waals surface area contributed by atoms with Crippen molar-refractivity contribution < 1.29 is 22.7 Å². The number of aryl methyl sites for hydroxylation is 1. The highest BCUT2D eigenvalue weighted by atomic mass is 32.1. The van der Waals surface area contributed by atoms with Gasteiger partial charge in [-0.3, -0.25) is 0 Å². The van der Waals surface area contributed by atoms with Gasteiger partial charge < -0.3 is 15.0 Å². The molecule has 0 aliphatic carbocycles. The van der Waals surface area contributed by atoms with Crippen LogP contribution in [0.4, 0.5) is 18.0 Å². The molecule has 0 spiro atoms. The maximum absolute atomic E-state index is 12.4. The van der Waals surface area contributed by atoms with Crippen molar-refractivity contribution in [1.82, 2.24) is 10.2 Å². The van der Waals surface area contributed by atoms with Gasteiger partial charge in [-0.25, -0.2) is 4.79 Å². The van der Waals surface area contributed by atoms with Gasteiger partial charge in [0.25, 0.3) is 0 Å². The van der Waals surface area contributed by atoms with Crippen molar-refractivity contribution in [2.45, 2.75) is 26.4 Å². The van der Waals surface area contributed by atoms with Crippen LogP contribution in [-0.2, 0) is 13.1 Å². The number of urea groups is 1. The standard InChI is InChI=1S/C16H17F3N2O2S/c1-11-7-8-24-14(11)9-20-15(22)21(2)10-12-5-3-4-6-13(12)23-16(17,18)19/h3-8H,9-10H2,1-2H3,(H,20,22). The zero-order valence-electron chi connectivity index (χ0n) is 13.2. The van der Waals surface area contributed by atoms with Crippen LogP contribution in [-0.4, -0.2) is 24.3 Å². The Labute approximate surface area is 141 Å². The highest BCUT2D eigenvalue weighted by Crippen LogP contribution is 2.27. The van der Waals surface area contributed by atoms with Crippen LogP contribution in [0.1, 0.15) is 16.0 Å². The lowest BCUT2D eigenvalue weighted by Gasteiger charge is -2.20. The van der Waals surface area contributed by atoms with E-state index < -0.39 is 6.36 Å². The summed E-state index contributed by atoms with van der Waals surface area (Å²) in [7, 11) is 1.51. The van der Waals surface area contributed by atoms with E-state index in [0.717, 1.165) is 10.4 Å². The van der Waals surface area contributed by atoms with E-state index in [2.05, 4.69) is 10.1 Å². The molecule has 2 rings (SSSR count). The van der Waals surface area contributed by atoms with Gasteiger partial charge in [0.2, 0.25) is 0 Å². The molecule has 0 saturated heterocycles. The fraction of sp³-hybridized carbons (Fsp3) is 0.312. The molecule has 1 N–H and O–H groups in total. The zero-order chi connectivity index (χ0) is 17.7. The molecule has 8 heteroatoms. The van der Waals surface area contributed by atoms with Crippen molar-refractivity contribution in [2.24, 2.45) is 0 Å². The van der Waals surface area contributed by atoms with Crippen LogP contribution in [0.2, 0.25) is 0 Å². The minimum Gasteiger partial charge on any atom is -0.405 e. The van der Waals surface area contributed by atoms with Gasteiger partial charge in [-0.2, -0.15) is 0 Å². The van der Waals surface area contributed by atoms with Crippen LogP contribution in [0, 0.1) is 6.92 Å². The van der Waals surface area contributed by atoms with Gasteiger partial charge in [0.15, 0.2) is 0 Å². The second kappa shape index (κ2) is 7.57. The van der Waals surface area contributed by atoms with E-state index in [-0.39, 0.29) is 23.9 Å². The minimum absolute atomic E-state index is 0.00150. The van der Waals surface area contributed by atoms with Crippen LogP contribution < -0.4 is 10.1 Å². The molecule has 2 aromatic rings. The lowest BCUT2D eigenvalue weighted by Crippen LogP contribution is -2.36. The number of para-hydroxylation sites is 1. The molecule has 1 aromatic carbocycles. The molecule has 4 nitrogen and oxygen atoms in total. The topological polar surface area (TPSA) is 41.6 Å². The molecule has 1 heterocycles. The number of nitrogens with one attached hydrogen (secondary N) is 1. The minimum atomic E-state index is -4.77. The Bertz CT molecular complexity index is 701. The number of amides is 2. The Kier molecular flexibility index (Phi) is 5.71. The zero-order valence-corrected chi connectivity index (χ0v) is 14.0. The van der Waals surface area contributed by atoms with Gasteiger partial charge >= 0.3 is 12.4 Å². The van der Waals surface area contributed by atoms with Crippen LogP contribution in [0.5, 0.6) is 5.75 Å². The van der Waals surface area contributed by atoms with Crippen molar-refractivity contribution in [2.75, 3.05) is 7.05 Å². The average molecular weight is 358 g/mol. The van der Waals surface area contributed by atoms with Crippen molar-refractivity contribution in [3.05, 3.63) is 51.7 Å². The van der Waals surface area contributed by atoms with Crippen LogP contribution in [0.15, 0.2) is 35.7 Å². The van der Waals surface area contributed by atoms with Gasteiger partial charge in [0.05, 0.1) is 13.1 Å². The third-order valence-corrected chi connectivity index (χ3v) is 4.34. The number of hydrogen-bond donors (Lipinski definition) is 1. The van der Waals surface area contributed by atoms with Crippen molar-refractivity contribution >= 4 is 17.4 Å². The number of thiophene rings is 1. The molecule has 0 radical (unpaired) electrons. The Morgan fingerprint density at radius 2 is 2.00 bits per heavy atom. The maximum atomic E-state index is 12.4. The number of carbonyl (C=O) groups is 1. The lowest BCUT2D eigenvalue weighted by molar-refractivity contribution is -0.274. The average Bonchev–Trinajstić information content (AvgIpc) is 2.90. The number of halogens is 3. The van der Waals surface area contributed by atoms with E-state index in [1.807, 2.05) is 18.4 Å². The Hall–Kier alpha value is -2.22. The molecular formula is C16H17F3N2O2S. The van der Waals surface area contributed by atoms with E-state index in [1.54, 1.807) is 6.07 Å². The quantitative estimate of drug-likeness (QED) is 0.866. The van der Waals surface area contributed by atoms with Crippen molar-refractivity contribution in [3.63, 3.8) is 0 Å². The van der Waals surface area contributed by atoms with Crippen LogP contribution in [0.25, 0.3) is 0 Å². The summed E-state index contributed by atoms with van der Waals surface area (Å²) in [6.07, 6.45) is -4.77. The second-order valence-corrected chi connectivity index (χ2v) is 6.20.